The molecule has 1 fully saturated rings. The average Bonchev–Trinajstić information content (AvgIpc) is 3.06. The minimum atomic E-state index is -0.388. The molecule has 0 aliphatic carbocycles. The van der Waals surface area contributed by atoms with Crippen molar-refractivity contribution in [1.82, 2.24) is 0 Å². The summed E-state index contributed by atoms with van der Waals surface area (Å²) in [6, 6.07) is 9.54. The van der Waals surface area contributed by atoms with Crippen LogP contribution in [0, 0.1) is 26.7 Å². The van der Waals surface area contributed by atoms with Crippen molar-refractivity contribution >= 4 is 23.2 Å². The lowest BCUT2D eigenvalue weighted by molar-refractivity contribution is -0.122. The predicted molar refractivity (Wildman–Crippen MR) is 107 cm³/mol. The summed E-state index contributed by atoms with van der Waals surface area (Å²) in [5.74, 6) is 0.745. The Labute approximate surface area is 164 Å². The molecule has 1 saturated heterocycles. The van der Waals surface area contributed by atoms with Crippen molar-refractivity contribution in [2.45, 2.75) is 27.2 Å². The molecule has 0 spiro atoms. The number of fused-ring (bicyclic) bond motifs is 1. The number of hydrogen-bond acceptors (Lipinski definition) is 4. The zero-order valence-corrected chi connectivity index (χ0v) is 16.4. The topological polar surface area (TPSA) is 67.9 Å². The first-order valence-corrected chi connectivity index (χ1v) is 9.51. The van der Waals surface area contributed by atoms with E-state index in [-0.39, 0.29) is 24.2 Å². The van der Waals surface area contributed by atoms with Gasteiger partial charge >= 0.3 is 0 Å². The summed E-state index contributed by atoms with van der Waals surface area (Å²) in [7, 11) is 0. The van der Waals surface area contributed by atoms with E-state index in [9.17, 15) is 9.59 Å². The molecular weight excluding hydrogens is 356 g/mol. The second kappa shape index (κ2) is 7.19. The molecule has 0 unspecified atom stereocenters. The van der Waals surface area contributed by atoms with Gasteiger partial charge in [0.05, 0.1) is 5.92 Å². The van der Waals surface area contributed by atoms with Crippen LogP contribution in [0.5, 0.6) is 11.5 Å². The van der Waals surface area contributed by atoms with Gasteiger partial charge in [0.1, 0.15) is 13.2 Å². The van der Waals surface area contributed by atoms with Crippen LogP contribution >= 0.6 is 0 Å². The fourth-order valence-corrected chi connectivity index (χ4v) is 3.94. The zero-order chi connectivity index (χ0) is 19.8. The fraction of sp³-hybridized carbons (Fsp3) is 0.364. The van der Waals surface area contributed by atoms with Gasteiger partial charge in [0.25, 0.3) is 0 Å². The van der Waals surface area contributed by atoms with Gasteiger partial charge in [-0.05, 0) is 44.0 Å². The lowest BCUT2D eigenvalue weighted by Gasteiger charge is -2.22. The van der Waals surface area contributed by atoms with Crippen molar-refractivity contribution in [3.63, 3.8) is 0 Å². The Morgan fingerprint density at radius 3 is 2.43 bits per heavy atom. The maximum atomic E-state index is 12.8. The first kappa shape index (κ1) is 18.3. The molecule has 28 heavy (non-hydrogen) atoms. The predicted octanol–water partition coefficient (Wildman–Crippen LogP) is 3.37. The van der Waals surface area contributed by atoms with E-state index in [4.69, 9.17) is 9.47 Å². The SMILES string of the molecule is Cc1cc(C)c(NC(=O)[C@H]2CC(=O)N(c3ccc4c(c3)OCCO4)C2)c(C)c1. The Morgan fingerprint density at radius 1 is 1.04 bits per heavy atom. The summed E-state index contributed by atoms with van der Waals surface area (Å²) in [5, 5.41) is 3.03. The van der Waals surface area contributed by atoms with Crippen LogP contribution in [0.25, 0.3) is 0 Å². The van der Waals surface area contributed by atoms with Gasteiger partial charge in [-0.1, -0.05) is 17.7 Å². The van der Waals surface area contributed by atoms with Crippen LogP contribution in [0.2, 0.25) is 0 Å². The third-order valence-electron chi connectivity index (χ3n) is 5.26. The number of amides is 2. The Bertz CT molecular complexity index is 931. The minimum Gasteiger partial charge on any atom is -0.486 e. The zero-order valence-electron chi connectivity index (χ0n) is 16.4. The third-order valence-corrected chi connectivity index (χ3v) is 5.26. The number of benzene rings is 2. The molecule has 1 N–H and O–H groups in total. The van der Waals surface area contributed by atoms with E-state index < -0.39 is 0 Å². The number of nitrogens with one attached hydrogen (secondary N) is 1. The highest BCUT2D eigenvalue weighted by Crippen LogP contribution is 2.36. The quantitative estimate of drug-likeness (QED) is 0.886. The number of anilines is 2. The van der Waals surface area contributed by atoms with E-state index in [1.807, 2.05) is 45.0 Å². The summed E-state index contributed by atoms with van der Waals surface area (Å²) in [6.45, 7) is 7.37. The van der Waals surface area contributed by atoms with Crippen LogP contribution in [0.4, 0.5) is 11.4 Å². The van der Waals surface area contributed by atoms with Gasteiger partial charge in [-0.25, -0.2) is 0 Å². The average molecular weight is 380 g/mol. The molecule has 6 heteroatoms. The van der Waals surface area contributed by atoms with E-state index >= 15 is 0 Å². The molecule has 2 heterocycles. The highest BCUT2D eigenvalue weighted by Gasteiger charge is 2.36. The van der Waals surface area contributed by atoms with Crippen molar-refractivity contribution in [1.29, 1.82) is 0 Å². The fourth-order valence-electron chi connectivity index (χ4n) is 3.94. The summed E-state index contributed by atoms with van der Waals surface area (Å²) in [6.07, 6.45) is 0.199. The van der Waals surface area contributed by atoms with E-state index in [0.717, 1.165) is 28.1 Å². The van der Waals surface area contributed by atoms with E-state index in [1.54, 1.807) is 11.0 Å². The summed E-state index contributed by atoms with van der Waals surface area (Å²) in [5.41, 5.74) is 4.78. The van der Waals surface area contributed by atoms with Crippen LogP contribution in [0.1, 0.15) is 23.1 Å². The minimum absolute atomic E-state index is 0.0609. The third kappa shape index (κ3) is 3.42. The molecule has 146 valence electrons. The smallest absolute Gasteiger partial charge is 0.229 e. The summed E-state index contributed by atoms with van der Waals surface area (Å²) in [4.78, 5) is 27.0. The van der Waals surface area contributed by atoms with E-state index in [1.165, 1.54) is 0 Å². The number of carbonyl (C=O) groups excluding carboxylic acids is 2. The molecule has 2 aliphatic heterocycles. The van der Waals surface area contributed by atoms with E-state index in [0.29, 0.717) is 31.3 Å². The number of carbonyl (C=O) groups is 2. The van der Waals surface area contributed by atoms with Crippen LogP contribution in [-0.2, 0) is 9.59 Å². The second-order valence-corrected chi connectivity index (χ2v) is 7.50. The molecular formula is C22H24N2O4. The maximum Gasteiger partial charge on any atom is 0.229 e. The van der Waals surface area contributed by atoms with Crippen molar-refractivity contribution in [3.05, 3.63) is 47.0 Å². The number of nitrogens with zero attached hydrogens (tertiary/aromatic N) is 1. The number of ether oxygens (including phenoxy) is 2. The van der Waals surface area contributed by atoms with Crippen molar-refractivity contribution < 1.29 is 19.1 Å². The molecule has 6 nitrogen and oxygen atoms in total. The first-order valence-electron chi connectivity index (χ1n) is 9.51. The lowest BCUT2D eigenvalue weighted by atomic mass is 10.0. The van der Waals surface area contributed by atoms with Crippen molar-refractivity contribution in [2.75, 3.05) is 30.0 Å². The van der Waals surface area contributed by atoms with Crippen LogP contribution < -0.4 is 19.7 Å². The Morgan fingerprint density at radius 2 is 1.71 bits per heavy atom. The summed E-state index contributed by atoms with van der Waals surface area (Å²) < 4.78 is 11.1. The van der Waals surface area contributed by atoms with Gasteiger partial charge < -0.3 is 19.7 Å². The summed E-state index contributed by atoms with van der Waals surface area (Å²) >= 11 is 0. The lowest BCUT2D eigenvalue weighted by Crippen LogP contribution is -2.28. The molecule has 2 aromatic carbocycles. The number of aryl methyl sites for hydroxylation is 3. The van der Waals surface area contributed by atoms with E-state index in [2.05, 4.69) is 5.32 Å². The number of rotatable bonds is 3. The molecule has 0 saturated carbocycles. The van der Waals surface area contributed by atoms with Gasteiger partial charge in [-0.15, -0.1) is 0 Å². The van der Waals surface area contributed by atoms with Crippen LogP contribution in [0.15, 0.2) is 30.3 Å². The molecule has 2 aliphatic rings. The molecule has 0 radical (unpaired) electrons. The van der Waals surface area contributed by atoms with Crippen molar-refractivity contribution in [2.24, 2.45) is 5.92 Å². The Kier molecular flexibility index (Phi) is 4.71. The molecule has 2 aromatic rings. The highest BCUT2D eigenvalue weighted by molar-refractivity contribution is 6.04. The Hall–Kier alpha value is -3.02. The standard InChI is InChI=1S/C22H24N2O4/c1-13-8-14(2)21(15(3)9-13)23-22(26)16-10-20(25)24(12-16)17-4-5-18-19(11-17)28-7-6-27-18/h4-5,8-9,11,16H,6-7,10,12H2,1-3H3,(H,23,26)/t16-/m0/s1. The normalized spacial score (nSPS) is 18.3. The molecule has 0 bridgehead atoms. The molecule has 0 aromatic heterocycles. The Balaban J connectivity index is 1.50. The van der Waals surface area contributed by atoms with Gasteiger partial charge in [0, 0.05) is 30.4 Å². The molecule has 1 atom stereocenters. The van der Waals surface area contributed by atoms with Gasteiger partial charge in [-0.3, -0.25) is 9.59 Å². The van der Waals surface area contributed by atoms with Gasteiger partial charge in [0.2, 0.25) is 11.8 Å². The second-order valence-electron chi connectivity index (χ2n) is 7.50. The maximum absolute atomic E-state index is 12.8. The molecule has 4 rings (SSSR count). The van der Waals surface area contributed by atoms with Gasteiger partial charge in [0.15, 0.2) is 11.5 Å². The number of hydrogen-bond donors (Lipinski definition) is 1. The van der Waals surface area contributed by atoms with Crippen LogP contribution in [-0.4, -0.2) is 31.6 Å². The highest BCUT2D eigenvalue weighted by atomic mass is 16.6. The van der Waals surface area contributed by atoms with Crippen molar-refractivity contribution in [3.8, 4) is 11.5 Å². The first-order chi connectivity index (χ1) is 13.4. The molecule has 2 amide bonds. The monoisotopic (exact) mass is 380 g/mol. The van der Waals surface area contributed by atoms with Gasteiger partial charge in [-0.2, -0.15) is 0 Å². The largest absolute Gasteiger partial charge is 0.486 e. The van der Waals surface area contributed by atoms with Crippen LogP contribution in [0.3, 0.4) is 0 Å².